The van der Waals surface area contributed by atoms with Gasteiger partial charge in [-0.05, 0) is 6.07 Å². The van der Waals surface area contributed by atoms with Crippen LogP contribution >= 0.6 is 23.2 Å². The molecular weight excluding hydrogens is 227 g/mol. The van der Waals surface area contributed by atoms with Crippen LogP contribution in [-0.4, -0.2) is 31.2 Å². The number of hydrogen-bond acceptors (Lipinski definition) is 2. The first-order chi connectivity index (χ1) is 6.65. The highest BCUT2D eigenvalue weighted by molar-refractivity contribution is 6.41. The van der Waals surface area contributed by atoms with E-state index in [-0.39, 0.29) is 11.1 Å². The van der Waals surface area contributed by atoms with Gasteiger partial charge < -0.3 is 15.0 Å². The Labute approximate surface area is 91.5 Å². The van der Waals surface area contributed by atoms with Gasteiger partial charge in [0.2, 0.25) is 0 Å². The third-order valence-electron chi connectivity index (χ3n) is 1.56. The number of carbonyl (C=O) groups excluding carboxylic acids is 1. The van der Waals surface area contributed by atoms with E-state index in [9.17, 15) is 4.79 Å². The fourth-order valence-corrected chi connectivity index (χ4v) is 1.20. The Morgan fingerprint density at radius 3 is 2.86 bits per heavy atom. The van der Waals surface area contributed by atoms with Crippen LogP contribution in [-0.2, 0) is 4.74 Å². The second-order valence-electron chi connectivity index (χ2n) is 2.59. The predicted molar refractivity (Wildman–Crippen MR) is 55.0 cm³/mol. The standard InChI is InChI=1S/C8H10Cl2N2O2/c1-14-3-2-11-8(13)6-4-5(9)7(10)12-6/h4,12H,2-3H2,1H3,(H,11,13). The van der Waals surface area contributed by atoms with Gasteiger partial charge in [0.15, 0.2) is 0 Å². The molecular formula is C8H10Cl2N2O2. The summed E-state index contributed by atoms with van der Waals surface area (Å²) in [5.41, 5.74) is 0.344. The van der Waals surface area contributed by atoms with Crippen LogP contribution in [0.1, 0.15) is 10.5 Å². The normalized spacial score (nSPS) is 10.2. The molecule has 0 saturated carbocycles. The second-order valence-corrected chi connectivity index (χ2v) is 3.38. The maximum absolute atomic E-state index is 11.4. The molecule has 0 atom stereocenters. The average molecular weight is 237 g/mol. The van der Waals surface area contributed by atoms with E-state index >= 15 is 0 Å². The summed E-state index contributed by atoms with van der Waals surface area (Å²) >= 11 is 11.3. The maximum Gasteiger partial charge on any atom is 0.267 e. The number of halogens is 2. The predicted octanol–water partition coefficient (Wildman–Crippen LogP) is 1.70. The van der Waals surface area contributed by atoms with E-state index in [1.807, 2.05) is 0 Å². The number of methoxy groups -OCH3 is 1. The largest absolute Gasteiger partial charge is 0.383 e. The highest BCUT2D eigenvalue weighted by atomic mass is 35.5. The summed E-state index contributed by atoms with van der Waals surface area (Å²) < 4.78 is 4.78. The van der Waals surface area contributed by atoms with Crippen LogP contribution in [0.25, 0.3) is 0 Å². The van der Waals surface area contributed by atoms with Crippen molar-refractivity contribution < 1.29 is 9.53 Å². The monoisotopic (exact) mass is 236 g/mol. The quantitative estimate of drug-likeness (QED) is 0.783. The van der Waals surface area contributed by atoms with Crippen molar-refractivity contribution in [2.45, 2.75) is 0 Å². The van der Waals surface area contributed by atoms with Crippen molar-refractivity contribution in [3.05, 3.63) is 21.9 Å². The number of ether oxygens (including phenoxy) is 1. The number of nitrogens with one attached hydrogen (secondary N) is 2. The van der Waals surface area contributed by atoms with Gasteiger partial charge in [0.25, 0.3) is 5.91 Å². The van der Waals surface area contributed by atoms with Crippen molar-refractivity contribution in [1.29, 1.82) is 0 Å². The molecule has 0 fully saturated rings. The molecule has 1 heterocycles. The van der Waals surface area contributed by atoms with Crippen molar-refractivity contribution >= 4 is 29.1 Å². The first-order valence-electron chi connectivity index (χ1n) is 3.96. The molecule has 0 aliphatic carbocycles. The first-order valence-corrected chi connectivity index (χ1v) is 4.72. The van der Waals surface area contributed by atoms with E-state index in [0.29, 0.717) is 23.9 Å². The zero-order valence-corrected chi connectivity index (χ0v) is 9.08. The molecule has 14 heavy (non-hydrogen) atoms. The van der Waals surface area contributed by atoms with Crippen LogP contribution < -0.4 is 5.32 Å². The van der Waals surface area contributed by atoms with Crippen LogP contribution in [0.2, 0.25) is 10.2 Å². The summed E-state index contributed by atoms with van der Waals surface area (Å²) in [7, 11) is 1.56. The summed E-state index contributed by atoms with van der Waals surface area (Å²) in [4.78, 5) is 14.0. The second kappa shape index (κ2) is 5.24. The molecule has 1 aromatic heterocycles. The van der Waals surface area contributed by atoms with Gasteiger partial charge in [0.05, 0.1) is 11.6 Å². The van der Waals surface area contributed by atoms with Crippen LogP contribution in [0.15, 0.2) is 6.07 Å². The van der Waals surface area contributed by atoms with Gasteiger partial charge in [-0.2, -0.15) is 0 Å². The van der Waals surface area contributed by atoms with Gasteiger partial charge in [-0.15, -0.1) is 0 Å². The molecule has 0 saturated heterocycles. The number of carbonyl (C=O) groups is 1. The lowest BCUT2D eigenvalue weighted by molar-refractivity contribution is 0.0933. The number of amides is 1. The molecule has 0 spiro atoms. The Hall–Kier alpha value is -0.710. The summed E-state index contributed by atoms with van der Waals surface area (Å²) in [6.07, 6.45) is 0. The fraction of sp³-hybridized carbons (Fsp3) is 0.375. The van der Waals surface area contributed by atoms with E-state index in [4.69, 9.17) is 27.9 Å². The third kappa shape index (κ3) is 2.90. The third-order valence-corrected chi connectivity index (χ3v) is 2.25. The summed E-state index contributed by atoms with van der Waals surface area (Å²) in [5, 5.41) is 3.23. The minimum atomic E-state index is -0.254. The van der Waals surface area contributed by atoms with Gasteiger partial charge in [-0.25, -0.2) is 0 Å². The Morgan fingerprint density at radius 1 is 1.64 bits per heavy atom. The van der Waals surface area contributed by atoms with Crippen molar-refractivity contribution in [2.75, 3.05) is 20.3 Å². The van der Waals surface area contributed by atoms with Gasteiger partial charge in [0.1, 0.15) is 10.8 Å². The maximum atomic E-state index is 11.4. The molecule has 6 heteroatoms. The number of aromatic amines is 1. The molecule has 0 bridgehead atoms. The first kappa shape index (κ1) is 11.4. The van der Waals surface area contributed by atoms with Crippen LogP contribution in [0.3, 0.4) is 0 Å². The zero-order valence-electron chi connectivity index (χ0n) is 7.56. The van der Waals surface area contributed by atoms with E-state index in [1.54, 1.807) is 7.11 Å². The lowest BCUT2D eigenvalue weighted by Crippen LogP contribution is -2.27. The molecule has 1 amide bonds. The van der Waals surface area contributed by atoms with Gasteiger partial charge >= 0.3 is 0 Å². The van der Waals surface area contributed by atoms with Crippen molar-refractivity contribution in [3.63, 3.8) is 0 Å². The molecule has 78 valence electrons. The molecule has 0 aromatic carbocycles. The highest BCUT2D eigenvalue weighted by Crippen LogP contribution is 2.21. The van der Waals surface area contributed by atoms with Gasteiger partial charge in [0, 0.05) is 13.7 Å². The fourth-order valence-electron chi connectivity index (χ4n) is 0.888. The summed E-state index contributed by atoms with van der Waals surface area (Å²) in [6, 6.07) is 1.48. The summed E-state index contributed by atoms with van der Waals surface area (Å²) in [5.74, 6) is -0.254. The number of hydrogen-bond donors (Lipinski definition) is 2. The Balaban J connectivity index is 2.52. The van der Waals surface area contributed by atoms with Crippen LogP contribution in [0, 0.1) is 0 Å². The zero-order chi connectivity index (χ0) is 10.6. The van der Waals surface area contributed by atoms with Gasteiger partial charge in [-0.1, -0.05) is 23.2 Å². The van der Waals surface area contributed by atoms with Crippen LogP contribution in [0.5, 0.6) is 0 Å². The minimum absolute atomic E-state index is 0.254. The van der Waals surface area contributed by atoms with E-state index in [0.717, 1.165) is 0 Å². The van der Waals surface area contributed by atoms with E-state index in [2.05, 4.69) is 10.3 Å². The molecule has 2 N–H and O–H groups in total. The molecule has 4 nitrogen and oxygen atoms in total. The van der Waals surface area contributed by atoms with Crippen molar-refractivity contribution in [1.82, 2.24) is 10.3 Å². The van der Waals surface area contributed by atoms with E-state index < -0.39 is 0 Å². The molecule has 0 unspecified atom stereocenters. The van der Waals surface area contributed by atoms with Crippen LogP contribution in [0.4, 0.5) is 0 Å². The lowest BCUT2D eigenvalue weighted by atomic mass is 10.4. The Bertz CT molecular complexity index is 306. The molecule has 1 rings (SSSR count). The number of aromatic nitrogens is 1. The van der Waals surface area contributed by atoms with Crippen molar-refractivity contribution in [2.24, 2.45) is 0 Å². The highest BCUT2D eigenvalue weighted by Gasteiger charge is 2.10. The Kier molecular flexibility index (Phi) is 4.25. The molecule has 0 aliphatic rings. The molecule has 0 aliphatic heterocycles. The number of H-pyrrole nitrogens is 1. The van der Waals surface area contributed by atoms with E-state index in [1.165, 1.54) is 6.07 Å². The number of rotatable bonds is 4. The molecule has 1 aromatic rings. The SMILES string of the molecule is COCCNC(=O)c1cc(Cl)c(Cl)[nH]1. The lowest BCUT2D eigenvalue weighted by Gasteiger charge is -2.01. The Morgan fingerprint density at radius 2 is 2.36 bits per heavy atom. The summed E-state index contributed by atoms with van der Waals surface area (Å²) in [6.45, 7) is 0.914. The minimum Gasteiger partial charge on any atom is -0.383 e. The average Bonchev–Trinajstić information content (AvgIpc) is 2.47. The topological polar surface area (TPSA) is 54.1 Å². The van der Waals surface area contributed by atoms with Gasteiger partial charge in [-0.3, -0.25) is 4.79 Å². The molecule has 0 radical (unpaired) electrons. The van der Waals surface area contributed by atoms with Crippen molar-refractivity contribution in [3.8, 4) is 0 Å². The smallest absolute Gasteiger partial charge is 0.267 e.